The lowest BCUT2D eigenvalue weighted by Gasteiger charge is -2.10. The molecule has 30 heavy (non-hydrogen) atoms. The zero-order valence-corrected chi connectivity index (χ0v) is 16.7. The van der Waals surface area contributed by atoms with Crippen LogP contribution in [0.5, 0.6) is 11.6 Å². The van der Waals surface area contributed by atoms with Crippen LogP contribution in [-0.4, -0.2) is 30.9 Å². The maximum absolute atomic E-state index is 12.7. The van der Waals surface area contributed by atoms with E-state index >= 15 is 0 Å². The number of alkyl halides is 3. The molecule has 0 aliphatic rings. The fraction of sp³-hybridized carbons (Fsp3) is 0.211. The van der Waals surface area contributed by atoms with Crippen LogP contribution >= 0.6 is 11.6 Å². The van der Waals surface area contributed by atoms with Crippen LogP contribution in [0.25, 0.3) is 0 Å². The molecule has 1 aromatic carbocycles. The van der Waals surface area contributed by atoms with Crippen molar-refractivity contribution < 1.29 is 37.0 Å². The zero-order chi connectivity index (χ0) is 22.3. The zero-order valence-electron chi connectivity index (χ0n) is 16.0. The van der Waals surface area contributed by atoms with Gasteiger partial charge in [0.15, 0.2) is 0 Å². The first kappa shape index (κ1) is 23.0. The van der Waals surface area contributed by atoms with Gasteiger partial charge in [-0.2, -0.15) is 13.2 Å². The molecule has 2 aromatic rings. The van der Waals surface area contributed by atoms with Gasteiger partial charge in [-0.1, -0.05) is 28.9 Å². The molecule has 1 aromatic heterocycles. The molecule has 160 valence electrons. The Morgan fingerprint density at radius 1 is 1.23 bits per heavy atom. The molecular weight excluding hydrogens is 429 g/mol. The van der Waals surface area contributed by atoms with E-state index in [-0.39, 0.29) is 22.4 Å². The number of hydrogen-bond acceptors (Lipinski definition) is 7. The van der Waals surface area contributed by atoms with E-state index in [0.29, 0.717) is 23.5 Å². The van der Waals surface area contributed by atoms with Gasteiger partial charge < -0.3 is 19.0 Å². The summed E-state index contributed by atoms with van der Waals surface area (Å²) >= 11 is 5.78. The van der Waals surface area contributed by atoms with E-state index in [9.17, 15) is 18.0 Å². The number of carbonyl (C=O) groups is 1. The van der Waals surface area contributed by atoms with Crippen molar-refractivity contribution in [3.8, 4) is 11.6 Å². The summed E-state index contributed by atoms with van der Waals surface area (Å²) in [4.78, 5) is 20.3. The van der Waals surface area contributed by atoms with Gasteiger partial charge in [-0.15, -0.1) is 0 Å². The second kappa shape index (κ2) is 9.97. The Hall–Kier alpha value is -3.27. The van der Waals surface area contributed by atoms with Gasteiger partial charge >= 0.3 is 12.1 Å². The summed E-state index contributed by atoms with van der Waals surface area (Å²) in [5, 5.41) is 3.49. The molecule has 0 aliphatic carbocycles. The van der Waals surface area contributed by atoms with Gasteiger partial charge in [0.1, 0.15) is 17.0 Å². The topological polar surface area (TPSA) is 79.2 Å². The minimum Gasteiger partial charge on any atom is -0.500 e. The van der Waals surface area contributed by atoms with Gasteiger partial charge in [0, 0.05) is 11.8 Å². The molecule has 11 heteroatoms. The Kier molecular flexibility index (Phi) is 7.65. The largest absolute Gasteiger partial charge is 0.500 e. The maximum atomic E-state index is 12.7. The van der Waals surface area contributed by atoms with Crippen molar-refractivity contribution in [2.75, 3.05) is 14.2 Å². The number of hydrogen-bond donors (Lipinski definition) is 0. The monoisotopic (exact) mass is 444 g/mol. The molecule has 0 unspecified atom stereocenters. The van der Waals surface area contributed by atoms with Crippen molar-refractivity contribution in [2.24, 2.45) is 5.16 Å². The predicted octanol–water partition coefficient (Wildman–Crippen LogP) is 4.60. The number of methoxy groups -OCH3 is 2. The number of esters is 1. The van der Waals surface area contributed by atoms with Gasteiger partial charge in [0.2, 0.25) is 5.76 Å². The third-order valence-electron chi connectivity index (χ3n) is 3.49. The second-order valence-electron chi connectivity index (χ2n) is 5.62. The summed E-state index contributed by atoms with van der Waals surface area (Å²) < 4.78 is 52.8. The van der Waals surface area contributed by atoms with E-state index < -0.39 is 17.7 Å². The number of rotatable bonds is 7. The molecule has 7 nitrogen and oxygen atoms in total. The Balaban J connectivity index is 2.18. The lowest BCUT2D eigenvalue weighted by Crippen LogP contribution is -2.11. The van der Waals surface area contributed by atoms with Crippen LogP contribution in [0, 0.1) is 0 Å². The van der Waals surface area contributed by atoms with Gasteiger partial charge in [-0.25, -0.2) is 9.78 Å². The molecule has 0 bridgehead atoms. The van der Waals surface area contributed by atoms with Crippen LogP contribution in [0.3, 0.4) is 0 Å². The Morgan fingerprint density at radius 2 is 1.97 bits per heavy atom. The highest BCUT2D eigenvalue weighted by Gasteiger charge is 2.31. The van der Waals surface area contributed by atoms with Crippen LogP contribution in [0.2, 0.25) is 5.02 Å². The minimum absolute atomic E-state index is 0.177. The summed E-state index contributed by atoms with van der Waals surface area (Å²) in [6.07, 6.45) is -2.90. The van der Waals surface area contributed by atoms with Crippen LogP contribution < -0.4 is 9.57 Å². The van der Waals surface area contributed by atoms with Crippen molar-refractivity contribution >= 4 is 23.3 Å². The molecule has 0 N–H and O–H groups in total. The molecule has 1 heterocycles. The highest BCUT2D eigenvalue weighted by molar-refractivity contribution is 6.31. The van der Waals surface area contributed by atoms with Crippen molar-refractivity contribution in [3.05, 3.63) is 64.7 Å². The number of carbonyl (C=O) groups excluding carboxylic acids is 1. The number of ether oxygens (including phenoxy) is 3. The standard InChI is InChI=1S/C19H16ClF3N2O5/c1-11(25-30-17-15(20)8-13(9-24-17)19(21,22)23)12-5-4-6-14(7-12)29-16(10-27-2)18(26)28-3/h4-10H,1-3H3. The molecule has 0 radical (unpaired) electrons. The van der Waals surface area contributed by atoms with Gasteiger partial charge in [0.05, 0.1) is 25.5 Å². The quantitative estimate of drug-likeness (QED) is 0.204. The lowest BCUT2D eigenvalue weighted by molar-refractivity contribution is -0.139. The van der Waals surface area contributed by atoms with E-state index in [4.69, 9.17) is 25.9 Å². The first-order valence-corrected chi connectivity index (χ1v) is 8.57. The summed E-state index contributed by atoms with van der Waals surface area (Å²) in [6.45, 7) is 1.59. The second-order valence-corrected chi connectivity index (χ2v) is 6.02. The Bertz CT molecular complexity index is 977. The fourth-order valence-corrected chi connectivity index (χ4v) is 2.25. The predicted molar refractivity (Wildman–Crippen MR) is 101 cm³/mol. The van der Waals surface area contributed by atoms with Crippen LogP contribution in [-0.2, 0) is 20.4 Å². The van der Waals surface area contributed by atoms with E-state index in [1.54, 1.807) is 31.2 Å². The number of pyridine rings is 1. The van der Waals surface area contributed by atoms with Gasteiger partial charge in [0.25, 0.3) is 5.88 Å². The molecule has 0 fully saturated rings. The smallest absolute Gasteiger partial charge is 0.417 e. The number of nitrogens with zero attached hydrogens (tertiary/aromatic N) is 2. The summed E-state index contributed by atoms with van der Waals surface area (Å²) in [6, 6.07) is 7.14. The van der Waals surface area contributed by atoms with Crippen LogP contribution in [0.4, 0.5) is 13.2 Å². The molecular formula is C19H16ClF3N2O5. The van der Waals surface area contributed by atoms with E-state index in [1.165, 1.54) is 14.2 Å². The maximum Gasteiger partial charge on any atom is 0.417 e. The fourth-order valence-electron chi connectivity index (χ4n) is 2.05. The number of benzene rings is 1. The number of oxime groups is 1. The SMILES string of the molecule is COC=C(Oc1cccc(C(C)=NOc2ncc(C(F)(F)F)cc2Cl)c1)C(=O)OC. The molecule has 0 atom stereocenters. The van der Waals surface area contributed by atoms with Crippen LogP contribution in [0.1, 0.15) is 18.1 Å². The highest BCUT2D eigenvalue weighted by atomic mass is 35.5. The number of aromatic nitrogens is 1. The third kappa shape index (κ3) is 6.11. The van der Waals surface area contributed by atoms with E-state index in [0.717, 1.165) is 6.26 Å². The van der Waals surface area contributed by atoms with Crippen molar-refractivity contribution in [3.63, 3.8) is 0 Å². The molecule has 0 amide bonds. The molecule has 0 saturated heterocycles. The summed E-state index contributed by atoms with van der Waals surface area (Å²) in [7, 11) is 2.54. The van der Waals surface area contributed by atoms with Gasteiger partial charge in [-0.05, 0) is 25.1 Å². The first-order valence-electron chi connectivity index (χ1n) is 8.19. The summed E-state index contributed by atoms with van der Waals surface area (Å²) in [5.74, 6) is -0.920. The Morgan fingerprint density at radius 3 is 2.57 bits per heavy atom. The average molecular weight is 445 g/mol. The van der Waals surface area contributed by atoms with Crippen molar-refractivity contribution in [2.45, 2.75) is 13.1 Å². The lowest BCUT2D eigenvalue weighted by atomic mass is 10.1. The first-order chi connectivity index (χ1) is 14.2. The van der Waals surface area contributed by atoms with Crippen molar-refractivity contribution in [1.29, 1.82) is 0 Å². The summed E-state index contributed by atoms with van der Waals surface area (Å²) in [5.41, 5.74) is -0.123. The molecule has 0 spiro atoms. The normalized spacial score (nSPS) is 12.4. The van der Waals surface area contributed by atoms with Gasteiger partial charge in [-0.3, -0.25) is 0 Å². The Labute approximate surface area is 174 Å². The average Bonchev–Trinajstić information content (AvgIpc) is 2.71. The molecule has 2 rings (SSSR count). The highest BCUT2D eigenvalue weighted by Crippen LogP contribution is 2.33. The molecule has 0 aliphatic heterocycles. The molecule has 0 saturated carbocycles. The van der Waals surface area contributed by atoms with E-state index in [2.05, 4.69) is 14.9 Å². The third-order valence-corrected chi connectivity index (χ3v) is 3.77. The van der Waals surface area contributed by atoms with Crippen LogP contribution in [0.15, 0.2) is 53.7 Å². The van der Waals surface area contributed by atoms with E-state index in [1.807, 2.05) is 0 Å². The number of halogens is 4. The van der Waals surface area contributed by atoms with Crippen molar-refractivity contribution in [1.82, 2.24) is 4.98 Å². The minimum atomic E-state index is -4.57.